The second kappa shape index (κ2) is 7.90. The third-order valence-electron chi connectivity index (χ3n) is 3.60. The summed E-state index contributed by atoms with van der Waals surface area (Å²) >= 11 is 0. The molecule has 5 nitrogen and oxygen atoms in total. The summed E-state index contributed by atoms with van der Waals surface area (Å²) < 4.78 is 26.4. The molecule has 3 aromatic rings. The molecule has 7 heteroatoms. The second-order valence-electron chi connectivity index (χ2n) is 6.21. The maximum Gasteiger partial charge on any atom is 0.274 e. The van der Waals surface area contributed by atoms with E-state index in [2.05, 4.69) is 20.6 Å². The zero-order chi connectivity index (χ0) is 19.4. The Bertz CT molecular complexity index is 961. The van der Waals surface area contributed by atoms with Crippen LogP contribution in [0.1, 0.15) is 24.3 Å². The van der Waals surface area contributed by atoms with Crippen molar-refractivity contribution >= 4 is 17.4 Å². The number of carbonyl (C=O) groups is 1. The van der Waals surface area contributed by atoms with Gasteiger partial charge >= 0.3 is 0 Å². The van der Waals surface area contributed by atoms with Crippen molar-refractivity contribution < 1.29 is 13.6 Å². The van der Waals surface area contributed by atoms with Crippen LogP contribution in [-0.2, 0) is 0 Å². The summed E-state index contributed by atoms with van der Waals surface area (Å²) in [5, 5.41) is 5.67. The Morgan fingerprint density at radius 2 is 1.70 bits per heavy atom. The van der Waals surface area contributed by atoms with Gasteiger partial charge in [0.1, 0.15) is 11.5 Å². The summed E-state index contributed by atoms with van der Waals surface area (Å²) in [6.07, 6.45) is 0. The third kappa shape index (κ3) is 4.63. The average molecular weight is 368 g/mol. The van der Waals surface area contributed by atoms with Crippen molar-refractivity contribution in [3.8, 4) is 11.4 Å². The van der Waals surface area contributed by atoms with Crippen molar-refractivity contribution in [2.24, 2.45) is 0 Å². The van der Waals surface area contributed by atoms with E-state index in [-0.39, 0.29) is 17.4 Å². The number of amides is 1. The van der Waals surface area contributed by atoms with E-state index in [0.29, 0.717) is 11.6 Å². The van der Waals surface area contributed by atoms with Crippen LogP contribution in [0.2, 0.25) is 0 Å². The van der Waals surface area contributed by atoms with E-state index in [4.69, 9.17) is 0 Å². The van der Waals surface area contributed by atoms with E-state index < -0.39 is 17.5 Å². The first-order valence-electron chi connectivity index (χ1n) is 8.40. The van der Waals surface area contributed by atoms with Crippen molar-refractivity contribution in [3.63, 3.8) is 0 Å². The Morgan fingerprint density at radius 1 is 0.963 bits per heavy atom. The number of carbonyl (C=O) groups excluding carboxylic acids is 1. The van der Waals surface area contributed by atoms with Crippen molar-refractivity contribution in [1.82, 2.24) is 9.97 Å². The van der Waals surface area contributed by atoms with Gasteiger partial charge in [0.05, 0.1) is 0 Å². The molecule has 1 heterocycles. The molecular formula is C20H18F2N4O. The Balaban J connectivity index is 1.95. The smallest absolute Gasteiger partial charge is 0.274 e. The van der Waals surface area contributed by atoms with Gasteiger partial charge < -0.3 is 10.6 Å². The molecule has 1 amide bonds. The van der Waals surface area contributed by atoms with Gasteiger partial charge in [0.15, 0.2) is 17.5 Å². The molecule has 2 aromatic carbocycles. The summed E-state index contributed by atoms with van der Waals surface area (Å²) in [5.74, 6) is -1.69. The normalized spacial score (nSPS) is 10.7. The van der Waals surface area contributed by atoms with Crippen LogP contribution in [0.25, 0.3) is 11.4 Å². The minimum atomic E-state index is -1.04. The third-order valence-corrected chi connectivity index (χ3v) is 3.60. The molecule has 0 aliphatic heterocycles. The minimum Gasteiger partial charge on any atom is -0.368 e. The Kier molecular flexibility index (Phi) is 5.40. The van der Waals surface area contributed by atoms with Crippen LogP contribution >= 0.6 is 0 Å². The molecule has 0 bridgehead atoms. The number of rotatable bonds is 5. The van der Waals surface area contributed by atoms with E-state index >= 15 is 0 Å². The highest BCUT2D eigenvalue weighted by Crippen LogP contribution is 2.20. The number of nitrogens with one attached hydrogen (secondary N) is 2. The zero-order valence-corrected chi connectivity index (χ0v) is 14.8. The minimum absolute atomic E-state index is 0.102. The van der Waals surface area contributed by atoms with Crippen LogP contribution in [0.5, 0.6) is 0 Å². The highest BCUT2D eigenvalue weighted by Gasteiger charge is 2.15. The second-order valence-corrected chi connectivity index (χ2v) is 6.21. The van der Waals surface area contributed by atoms with E-state index in [1.165, 1.54) is 12.1 Å². The van der Waals surface area contributed by atoms with Gasteiger partial charge in [0.2, 0.25) is 0 Å². The SMILES string of the molecule is CC(C)Nc1cc(C(=O)Nc2ccc(F)c(F)c2)nc(-c2ccccc2)n1. The highest BCUT2D eigenvalue weighted by molar-refractivity contribution is 6.03. The molecule has 3 rings (SSSR count). The van der Waals surface area contributed by atoms with Gasteiger partial charge in [-0.15, -0.1) is 0 Å². The molecule has 0 saturated carbocycles. The van der Waals surface area contributed by atoms with Gasteiger partial charge in [-0.05, 0) is 26.0 Å². The summed E-state index contributed by atoms with van der Waals surface area (Å²) in [7, 11) is 0. The van der Waals surface area contributed by atoms with Gasteiger partial charge in [-0.2, -0.15) is 0 Å². The number of halogens is 2. The van der Waals surface area contributed by atoms with Crippen LogP contribution < -0.4 is 10.6 Å². The molecule has 0 radical (unpaired) electrons. The lowest BCUT2D eigenvalue weighted by Crippen LogP contribution is -2.17. The number of nitrogens with zero attached hydrogens (tertiary/aromatic N) is 2. The van der Waals surface area contributed by atoms with Gasteiger partial charge in [-0.1, -0.05) is 30.3 Å². The fourth-order valence-electron chi connectivity index (χ4n) is 2.42. The summed E-state index contributed by atoms with van der Waals surface area (Å²) in [6, 6.07) is 14.0. The first-order chi connectivity index (χ1) is 12.9. The maximum atomic E-state index is 13.4. The van der Waals surface area contributed by atoms with Crippen molar-refractivity contribution in [2.75, 3.05) is 10.6 Å². The van der Waals surface area contributed by atoms with Crippen molar-refractivity contribution in [3.05, 3.63) is 71.9 Å². The fraction of sp³-hybridized carbons (Fsp3) is 0.150. The quantitative estimate of drug-likeness (QED) is 0.696. The number of anilines is 2. The van der Waals surface area contributed by atoms with Crippen LogP contribution in [-0.4, -0.2) is 21.9 Å². The monoisotopic (exact) mass is 368 g/mol. The zero-order valence-electron chi connectivity index (χ0n) is 14.8. The molecule has 138 valence electrons. The maximum absolute atomic E-state index is 13.4. The molecule has 1 aromatic heterocycles. The largest absolute Gasteiger partial charge is 0.368 e. The fourth-order valence-corrected chi connectivity index (χ4v) is 2.42. The van der Waals surface area contributed by atoms with Crippen molar-refractivity contribution in [2.45, 2.75) is 19.9 Å². The van der Waals surface area contributed by atoms with Gasteiger partial charge in [0.25, 0.3) is 5.91 Å². The molecule has 0 aliphatic rings. The Hall–Kier alpha value is -3.35. The summed E-state index contributed by atoms with van der Waals surface area (Å²) in [5.41, 5.74) is 1.00. The Morgan fingerprint density at radius 3 is 2.37 bits per heavy atom. The average Bonchev–Trinajstić information content (AvgIpc) is 2.64. The molecule has 0 saturated heterocycles. The highest BCUT2D eigenvalue weighted by atomic mass is 19.2. The molecule has 0 unspecified atom stereocenters. The topological polar surface area (TPSA) is 66.9 Å². The molecule has 0 aliphatic carbocycles. The summed E-state index contributed by atoms with van der Waals surface area (Å²) in [4.78, 5) is 21.3. The van der Waals surface area contributed by atoms with E-state index in [9.17, 15) is 13.6 Å². The van der Waals surface area contributed by atoms with E-state index in [1.807, 2.05) is 44.2 Å². The predicted molar refractivity (Wildman–Crippen MR) is 101 cm³/mol. The lowest BCUT2D eigenvalue weighted by Gasteiger charge is -2.12. The lowest BCUT2D eigenvalue weighted by atomic mass is 10.2. The first-order valence-corrected chi connectivity index (χ1v) is 8.40. The van der Waals surface area contributed by atoms with Gasteiger partial charge in [-0.25, -0.2) is 18.7 Å². The molecular weight excluding hydrogens is 350 g/mol. The Labute approximate surface area is 155 Å². The van der Waals surface area contributed by atoms with Gasteiger partial charge in [0, 0.05) is 29.4 Å². The number of aromatic nitrogens is 2. The van der Waals surface area contributed by atoms with Crippen LogP contribution in [0.15, 0.2) is 54.6 Å². The number of hydrogen-bond donors (Lipinski definition) is 2. The molecule has 27 heavy (non-hydrogen) atoms. The lowest BCUT2D eigenvalue weighted by molar-refractivity contribution is 0.102. The van der Waals surface area contributed by atoms with Gasteiger partial charge in [-0.3, -0.25) is 4.79 Å². The first kappa shape index (κ1) is 18.4. The predicted octanol–water partition coefficient (Wildman–Crippen LogP) is 4.49. The van der Waals surface area contributed by atoms with E-state index in [1.54, 1.807) is 0 Å². The van der Waals surface area contributed by atoms with Crippen LogP contribution in [0.4, 0.5) is 20.3 Å². The molecule has 0 spiro atoms. The van der Waals surface area contributed by atoms with Crippen LogP contribution in [0.3, 0.4) is 0 Å². The van der Waals surface area contributed by atoms with Crippen LogP contribution in [0, 0.1) is 11.6 Å². The standard InChI is InChI=1S/C20H18F2N4O/c1-12(2)23-18-11-17(25-19(26-18)13-6-4-3-5-7-13)20(27)24-14-8-9-15(21)16(22)10-14/h3-12H,1-2H3,(H,24,27)(H,23,25,26). The number of benzene rings is 2. The van der Waals surface area contributed by atoms with Crippen molar-refractivity contribution in [1.29, 1.82) is 0 Å². The molecule has 0 fully saturated rings. The molecule has 0 atom stereocenters. The molecule has 2 N–H and O–H groups in total. The number of hydrogen-bond acceptors (Lipinski definition) is 4. The summed E-state index contributed by atoms with van der Waals surface area (Å²) in [6.45, 7) is 3.90. The van der Waals surface area contributed by atoms with E-state index in [0.717, 1.165) is 17.7 Å².